The summed E-state index contributed by atoms with van der Waals surface area (Å²) in [6, 6.07) is 10.7. The van der Waals surface area contributed by atoms with Gasteiger partial charge >= 0.3 is 0 Å². The molecule has 1 atom stereocenters. The van der Waals surface area contributed by atoms with E-state index in [0.29, 0.717) is 30.6 Å². The van der Waals surface area contributed by atoms with Crippen LogP contribution in [0.15, 0.2) is 34.9 Å². The molecule has 1 aromatic heterocycles. The van der Waals surface area contributed by atoms with Gasteiger partial charge in [0.2, 0.25) is 11.8 Å². The van der Waals surface area contributed by atoms with E-state index in [2.05, 4.69) is 34.4 Å². The number of aromatic nitrogens is 2. The largest absolute Gasteiger partial charge is 0.339 e. The Labute approximate surface area is 149 Å². The number of likely N-dealkylation sites (tertiary alicyclic amines) is 1. The third kappa shape index (κ3) is 4.47. The predicted molar refractivity (Wildman–Crippen MR) is 96.2 cm³/mol. The van der Waals surface area contributed by atoms with Crippen molar-refractivity contribution in [3.05, 3.63) is 47.6 Å². The van der Waals surface area contributed by atoms with Crippen LogP contribution < -0.4 is 0 Å². The number of carbonyl (C=O) groups is 1. The maximum Gasteiger partial charge on any atom is 0.227 e. The van der Waals surface area contributed by atoms with Crippen LogP contribution >= 0.6 is 0 Å². The van der Waals surface area contributed by atoms with Crippen molar-refractivity contribution in [2.45, 2.75) is 64.3 Å². The summed E-state index contributed by atoms with van der Waals surface area (Å²) in [5.41, 5.74) is 1.15. The molecule has 25 heavy (non-hydrogen) atoms. The molecule has 2 aromatic rings. The van der Waals surface area contributed by atoms with E-state index in [-0.39, 0.29) is 11.3 Å². The molecular formula is C20H27N3O2. The van der Waals surface area contributed by atoms with Crippen LogP contribution in [-0.4, -0.2) is 33.5 Å². The molecule has 1 aliphatic heterocycles. The minimum Gasteiger partial charge on any atom is -0.339 e. The summed E-state index contributed by atoms with van der Waals surface area (Å²) in [6.45, 7) is 7.00. The molecule has 0 N–H and O–H groups in total. The highest BCUT2D eigenvalue weighted by Gasteiger charge is 2.29. The highest BCUT2D eigenvalue weighted by molar-refractivity contribution is 5.77. The predicted octanol–water partition coefficient (Wildman–Crippen LogP) is 3.53. The average molecular weight is 341 g/mol. The molecule has 0 saturated carbocycles. The monoisotopic (exact) mass is 341 g/mol. The van der Waals surface area contributed by atoms with Crippen molar-refractivity contribution in [1.29, 1.82) is 0 Å². The van der Waals surface area contributed by atoms with Gasteiger partial charge in [0.1, 0.15) is 0 Å². The maximum atomic E-state index is 12.7. The van der Waals surface area contributed by atoms with Crippen LogP contribution in [-0.2, 0) is 23.1 Å². The first-order valence-electron chi connectivity index (χ1n) is 9.10. The number of amides is 1. The molecule has 0 bridgehead atoms. The number of aryl methyl sites for hydroxylation is 1. The number of hydrogen-bond acceptors (Lipinski definition) is 4. The minimum absolute atomic E-state index is 0.137. The van der Waals surface area contributed by atoms with Crippen LogP contribution in [0.5, 0.6) is 0 Å². The number of benzene rings is 1. The van der Waals surface area contributed by atoms with Gasteiger partial charge in [-0.05, 0) is 24.8 Å². The van der Waals surface area contributed by atoms with Gasteiger partial charge in [0, 0.05) is 30.8 Å². The molecule has 0 unspecified atom stereocenters. The molecule has 0 radical (unpaired) electrons. The van der Waals surface area contributed by atoms with Crippen molar-refractivity contribution in [2.24, 2.45) is 0 Å². The van der Waals surface area contributed by atoms with Crippen LogP contribution in [0.1, 0.15) is 57.3 Å². The molecular weight excluding hydrogens is 314 g/mol. The number of rotatable bonds is 5. The third-order valence-electron chi connectivity index (χ3n) is 4.70. The Bertz CT molecular complexity index is 703. The molecule has 1 aliphatic rings. The van der Waals surface area contributed by atoms with E-state index >= 15 is 0 Å². The van der Waals surface area contributed by atoms with Crippen molar-refractivity contribution in [2.75, 3.05) is 6.54 Å². The Hall–Kier alpha value is -2.17. The van der Waals surface area contributed by atoms with Gasteiger partial charge in [0.15, 0.2) is 5.82 Å². The van der Waals surface area contributed by atoms with Gasteiger partial charge in [-0.15, -0.1) is 0 Å². The fourth-order valence-electron chi connectivity index (χ4n) is 3.28. The number of hydrogen-bond donors (Lipinski definition) is 0. The molecule has 3 rings (SSSR count). The van der Waals surface area contributed by atoms with E-state index in [4.69, 9.17) is 4.52 Å². The number of carbonyl (C=O) groups excluding carboxylic acids is 1. The minimum atomic E-state index is -0.137. The Morgan fingerprint density at radius 3 is 2.72 bits per heavy atom. The van der Waals surface area contributed by atoms with Gasteiger partial charge in [0.05, 0.1) is 0 Å². The quantitative estimate of drug-likeness (QED) is 0.835. The molecule has 134 valence electrons. The summed E-state index contributed by atoms with van der Waals surface area (Å²) in [4.78, 5) is 19.1. The molecule has 1 amide bonds. The Kier molecular flexibility index (Phi) is 5.21. The van der Waals surface area contributed by atoms with Gasteiger partial charge in [-0.1, -0.05) is 56.3 Å². The second-order valence-electron chi connectivity index (χ2n) is 7.83. The lowest BCUT2D eigenvalue weighted by Gasteiger charge is -2.24. The van der Waals surface area contributed by atoms with Crippen molar-refractivity contribution >= 4 is 5.91 Å². The molecule has 0 spiro atoms. The molecule has 5 nitrogen and oxygen atoms in total. The third-order valence-corrected chi connectivity index (χ3v) is 4.70. The lowest BCUT2D eigenvalue weighted by atomic mass is 9.96. The summed E-state index contributed by atoms with van der Waals surface area (Å²) in [7, 11) is 0. The van der Waals surface area contributed by atoms with Gasteiger partial charge in [-0.2, -0.15) is 4.98 Å². The molecule has 1 saturated heterocycles. The second kappa shape index (κ2) is 7.38. The van der Waals surface area contributed by atoms with Crippen molar-refractivity contribution in [3.63, 3.8) is 0 Å². The van der Waals surface area contributed by atoms with Crippen LogP contribution in [0, 0.1) is 0 Å². The second-order valence-corrected chi connectivity index (χ2v) is 7.83. The standard InChI is InChI=1S/C20H27N3O2/c1-20(2,3)19-21-17(25-22-19)11-12-18(24)23-13-7-10-16(23)14-15-8-5-4-6-9-15/h4-6,8-9,16H,7,10-14H2,1-3H3/t16-/m1/s1. The first-order chi connectivity index (χ1) is 11.9. The van der Waals surface area contributed by atoms with Gasteiger partial charge < -0.3 is 9.42 Å². The summed E-state index contributed by atoms with van der Waals surface area (Å²) in [5, 5.41) is 4.02. The number of nitrogens with zero attached hydrogens (tertiary/aromatic N) is 3. The van der Waals surface area contributed by atoms with Crippen LogP contribution in [0.25, 0.3) is 0 Å². The van der Waals surface area contributed by atoms with Crippen molar-refractivity contribution in [3.8, 4) is 0 Å². The van der Waals surface area contributed by atoms with Crippen molar-refractivity contribution in [1.82, 2.24) is 15.0 Å². The van der Waals surface area contributed by atoms with Gasteiger partial charge in [0.25, 0.3) is 0 Å². The van der Waals surface area contributed by atoms with Gasteiger partial charge in [-0.25, -0.2) is 0 Å². The SMILES string of the molecule is CC(C)(C)c1noc(CCC(=O)N2CCC[C@@H]2Cc2ccccc2)n1. The van der Waals surface area contributed by atoms with E-state index in [1.165, 1.54) is 5.56 Å². The summed E-state index contributed by atoms with van der Waals surface area (Å²) in [5.74, 6) is 1.43. The lowest BCUT2D eigenvalue weighted by Crippen LogP contribution is -2.36. The molecule has 2 heterocycles. The topological polar surface area (TPSA) is 59.2 Å². The molecule has 1 aromatic carbocycles. The van der Waals surface area contributed by atoms with E-state index in [1.807, 2.05) is 31.7 Å². The smallest absolute Gasteiger partial charge is 0.227 e. The molecule has 5 heteroatoms. The molecule has 1 fully saturated rings. The van der Waals surface area contributed by atoms with Crippen LogP contribution in [0.4, 0.5) is 0 Å². The van der Waals surface area contributed by atoms with E-state index < -0.39 is 0 Å². The van der Waals surface area contributed by atoms with Gasteiger partial charge in [-0.3, -0.25) is 4.79 Å². The Morgan fingerprint density at radius 1 is 1.28 bits per heavy atom. The summed E-state index contributed by atoms with van der Waals surface area (Å²) in [6.07, 6.45) is 4.03. The van der Waals surface area contributed by atoms with Crippen molar-refractivity contribution < 1.29 is 9.32 Å². The highest BCUT2D eigenvalue weighted by atomic mass is 16.5. The fraction of sp³-hybridized carbons (Fsp3) is 0.550. The van der Waals surface area contributed by atoms with Crippen LogP contribution in [0.2, 0.25) is 0 Å². The lowest BCUT2D eigenvalue weighted by molar-refractivity contribution is -0.132. The Balaban J connectivity index is 1.56. The zero-order valence-electron chi connectivity index (χ0n) is 15.4. The van der Waals surface area contributed by atoms with E-state index in [0.717, 1.165) is 25.8 Å². The van der Waals surface area contributed by atoms with E-state index in [1.54, 1.807) is 0 Å². The Morgan fingerprint density at radius 2 is 2.04 bits per heavy atom. The zero-order valence-corrected chi connectivity index (χ0v) is 15.4. The molecule has 0 aliphatic carbocycles. The van der Waals surface area contributed by atoms with E-state index in [9.17, 15) is 4.79 Å². The first-order valence-corrected chi connectivity index (χ1v) is 9.10. The maximum absolute atomic E-state index is 12.7. The zero-order chi connectivity index (χ0) is 17.9. The summed E-state index contributed by atoms with van der Waals surface area (Å²) < 4.78 is 5.29. The fourth-order valence-corrected chi connectivity index (χ4v) is 3.28. The average Bonchev–Trinajstić information content (AvgIpc) is 3.22. The normalized spacial score (nSPS) is 17.9. The van der Waals surface area contributed by atoms with Crippen LogP contribution in [0.3, 0.4) is 0 Å². The summed E-state index contributed by atoms with van der Waals surface area (Å²) >= 11 is 0. The highest BCUT2D eigenvalue weighted by Crippen LogP contribution is 2.23. The first kappa shape index (κ1) is 17.6.